The van der Waals surface area contributed by atoms with Gasteiger partial charge in [-0.1, -0.05) is 11.6 Å². The fourth-order valence-corrected chi connectivity index (χ4v) is 2.00. The number of anilines is 1. The first-order valence-electron chi connectivity index (χ1n) is 6.04. The molecular formula is C14H6ClF4NO4. The van der Waals surface area contributed by atoms with E-state index in [2.05, 4.69) is 0 Å². The summed E-state index contributed by atoms with van der Waals surface area (Å²) >= 11 is 5.59. The number of hydrogen-bond acceptors (Lipinski definition) is 3. The largest absolute Gasteiger partial charge is 0.506 e. The van der Waals surface area contributed by atoms with Crippen LogP contribution in [-0.2, 0) is 0 Å². The second-order valence-electron chi connectivity index (χ2n) is 4.43. The van der Waals surface area contributed by atoms with E-state index in [9.17, 15) is 32.3 Å². The molecule has 0 saturated carbocycles. The van der Waals surface area contributed by atoms with Crippen LogP contribution in [-0.4, -0.2) is 22.1 Å². The minimum atomic E-state index is -2.35. The summed E-state index contributed by atoms with van der Waals surface area (Å²) in [5.41, 5.74) is -3.32. The first-order valence-corrected chi connectivity index (χ1v) is 6.42. The number of halogens is 5. The van der Waals surface area contributed by atoms with Crippen molar-refractivity contribution in [2.24, 2.45) is 0 Å². The highest BCUT2D eigenvalue weighted by Crippen LogP contribution is 2.28. The van der Waals surface area contributed by atoms with Gasteiger partial charge >= 0.3 is 5.97 Å². The van der Waals surface area contributed by atoms with Gasteiger partial charge in [-0.05, 0) is 18.2 Å². The van der Waals surface area contributed by atoms with Crippen molar-refractivity contribution in [3.05, 3.63) is 57.6 Å². The van der Waals surface area contributed by atoms with Crippen molar-refractivity contribution in [3.8, 4) is 5.75 Å². The Morgan fingerprint density at radius 2 is 1.50 bits per heavy atom. The van der Waals surface area contributed by atoms with E-state index in [1.165, 1.54) is 0 Å². The standard InChI is InChI=1S/C14H6ClF4NO4/c15-5-3-4(1-2-6(5)21)20-13(22)7-8(14(23)24)10(17)12(19)11(18)9(7)16/h1-3,21H,(H,20,22)(H,23,24). The van der Waals surface area contributed by atoms with E-state index in [1.807, 2.05) is 5.32 Å². The van der Waals surface area contributed by atoms with Crippen LogP contribution < -0.4 is 5.32 Å². The summed E-state index contributed by atoms with van der Waals surface area (Å²) in [6.45, 7) is 0. The topological polar surface area (TPSA) is 86.6 Å². The maximum absolute atomic E-state index is 13.8. The number of carbonyl (C=O) groups excluding carboxylic acids is 1. The van der Waals surface area contributed by atoms with Crippen LogP contribution in [0.2, 0.25) is 5.02 Å². The number of carboxylic acids is 1. The number of aromatic carboxylic acids is 1. The molecule has 0 radical (unpaired) electrons. The Balaban J connectivity index is 2.56. The van der Waals surface area contributed by atoms with Gasteiger partial charge in [0.1, 0.15) is 11.3 Å². The van der Waals surface area contributed by atoms with E-state index < -0.39 is 46.3 Å². The van der Waals surface area contributed by atoms with Crippen LogP contribution in [0.15, 0.2) is 18.2 Å². The zero-order valence-corrected chi connectivity index (χ0v) is 12.1. The smallest absolute Gasteiger partial charge is 0.339 e. The third-order valence-corrected chi connectivity index (χ3v) is 3.22. The number of carbonyl (C=O) groups is 2. The van der Waals surface area contributed by atoms with Gasteiger partial charge in [0.05, 0.1) is 10.6 Å². The molecule has 0 spiro atoms. The predicted octanol–water partition coefficient (Wildman–Crippen LogP) is 3.55. The lowest BCUT2D eigenvalue weighted by atomic mass is 10.0. The summed E-state index contributed by atoms with van der Waals surface area (Å²) in [5, 5.41) is 19.8. The lowest BCUT2D eigenvalue weighted by Crippen LogP contribution is -2.22. The third-order valence-electron chi connectivity index (χ3n) is 2.91. The molecule has 0 saturated heterocycles. The quantitative estimate of drug-likeness (QED) is 0.337. The second kappa shape index (κ2) is 6.36. The van der Waals surface area contributed by atoms with Crippen molar-refractivity contribution in [1.82, 2.24) is 0 Å². The van der Waals surface area contributed by atoms with Crippen LogP contribution >= 0.6 is 11.6 Å². The molecule has 126 valence electrons. The van der Waals surface area contributed by atoms with E-state index >= 15 is 0 Å². The van der Waals surface area contributed by atoms with Gasteiger partial charge < -0.3 is 15.5 Å². The zero-order valence-electron chi connectivity index (χ0n) is 11.3. The normalized spacial score (nSPS) is 10.5. The van der Waals surface area contributed by atoms with Gasteiger partial charge in [-0.15, -0.1) is 0 Å². The van der Waals surface area contributed by atoms with E-state index in [1.54, 1.807) is 0 Å². The predicted molar refractivity (Wildman–Crippen MR) is 74.3 cm³/mol. The van der Waals surface area contributed by atoms with Crippen molar-refractivity contribution in [2.45, 2.75) is 0 Å². The lowest BCUT2D eigenvalue weighted by molar-refractivity contribution is 0.0684. The van der Waals surface area contributed by atoms with Crippen molar-refractivity contribution < 1.29 is 37.4 Å². The number of phenolic OH excluding ortho intramolecular Hbond substituents is 1. The van der Waals surface area contributed by atoms with Crippen molar-refractivity contribution >= 4 is 29.2 Å². The van der Waals surface area contributed by atoms with Crippen molar-refractivity contribution in [3.63, 3.8) is 0 Å². The molecule has 0 atom stereocenters. The Hall–Kier alpha value is -2.81. The molecule has 24 heavy (non-hydrogen) atoms. The molecule has 0 aromatic heterocycles. The molecule has 2 aromatic carbocycles. The second-order valence-corrected chi connectivity index (χ2v) is 4.84. The summed E-state index contributed by atoms with van der Waals surface area (Å²) in [4.78, 5) is 23.0. The van der Waals surface area contributed by atoms with Crippen molar-refractivity contribution in [2.75, 3.05) is 5.32 Å². The Labute approximate surface area is 136 Å². The summed E-state index contributed by atoms with van der Waals surface area (Å²) in [7, 11) is 0. The Bertz CT molecular complexity index is 873. The average molecular weight is 364 g/mol. The number of aromatic hydroxyl groups is 1. The third kappa shape index (κ3) is 2.98. The van der Waals surface area contributed by atoms with Crippen LogP contribution in [0.25, 0.3) is 0 Å². The molecule has 3 N–H and O–H groups in total. The minimum absolute atomic E-state index is 0.135. The number of amides is 1. The molecule has 0 aliphatic carbocycles. The van der Waals surface area contributed by atoms with Gasteiger partial charge in [0, 0.05) is 5.69 Å². The molecule has 0 fully saturated rings. The molecule has 0 unspecified atom stereocenters. The molecule has 1 amide bonds. The molecule has 10 heteroatoms. The summed E-state index contributed by atoms with van der Waals surface area (Å²) in [6.07, 6.45) is 0. The number of benzene rings is 2. The molecular weight excluding hydrogens is 358 g/mol. The van der Waals surface area contributed by atoms with Crippen molar-refractivity contribution in [1.29, 1.82) is 0 Å². The van der Waals surface area contributed by atoms with Gasteiger partial charge in [-0.2, -0.15) is 0 Å². The van der Waals surface area contributed by atoms with Crippen LogP contribution in [0.3, 0.4) is 0 Å². The highest BCUT2D eigenvalue weighted by atomic mass is 35.5. The molecule has 5 nitrogen and oxygen atoms in total. The molecule has 0 bridgehead atoms. The number of nitrogens with one attached hydrogen (secondary N) is 1. The Morgan fingerprint density at radius 1 is 0.958 bits per heavy atom. The maximum atomic E-state index is 13.8. The Morgan fingerprint density at radius 3 is 2.00 bits per heavy atom. The SMILES string of the molecule is O=C(O)c1c(F)c(F)c(F)c(F)c1C(=O)Nc1ccc(O)c(Cl)c1. The molecule has 2 aromatic rings. The van der Waals surface area contributed by atoms with Gasteiger partial charge in [0.15, 0.2) is 23.3 Å². The zero-order chi connectivity index (χ0) is 18.2. The van der Waals surface area contributed by atoms with Gasteiger partial charge in [0.25, 0.3) is 5.91 Å². The number of rotatable bonds is 3. The number of carboxylic acid groups (broad SMARTS) is 1. The Kier molecular flexibility index (Phi) is 4.65. The van der Waals surface area contributed by atoms with Crippen LogP contribution in [0.4, 0.5) is 23.2 Å². The molecule has 2 rings (SSSR count). The monoisotopic (exact) mass is 363 g/mol. The molecule has 0 aliphatic heterocycles. The van der Waals surface area contributed by atoms with Crippen LogP contribution in [0, 0.1) is 23.3 Å². The summed E-state index contributed by atoms with van der Waals surface area (Å²) in [5.74, 6) is -13.1. The number of hydrogen-bond donors (Lipinski definition) is 3. The molecule has 0 aliphatic rings. The summed E-state index contributed by atoms with van der Waals surface area (Å²) < 4.78 is 53.8. The van der Waals surface area contributed by atoms with E-state index in [0.717, 1.165) is 18.2 Å². The van der Waals surface area contributed by atoms with E-state index in [0.29, 0.717) is 0 Å². The first-order chi connectivity index (χ1) is 11.1. The van der Waals surface area contributed by atoms with Crippen LogP contribution in [0.1, 0.15) is 20.7 Å². The fourth-order valence-electron chi connectivity index (χ4n) is 1.82. The van der Waals surface area contributed by atoms with Gasteiger partial charge in [0.2, 0.25) is 0 Å². The van der Waals surface area contributed by atoms with Gasteiger partial charge in [-0.25, -0.2) is 22.4 Å². The highest BCUT2D eigenvalue weighted by Gasteiger charge is 2.32. The summed E-state index contributed by atoms with van der Waals surface area (Å²) in [6, 6.07) is 3.18. The fraction of sp³-hybridized carbons (Fsp3) is 0. The highest BCUT2D eigenvalue weighted by molar-refractivity contribution is 6.32. The number of phenols is 1. The average Bonchev–Trinajstić information content (AvgIpc) is 2.51. The first kappa shape index (κ1) is 17.5. The van der Waals surface area contributed by atoms with E-state index in [4.69, 9.17) is 16.7 Å². The maximum Gasteiger partial charge on any atom is 0.339 e. The molecule has 0 heterocycles. The van der Waals surface area contributed by atoms with E-state index in [-0.39, 0.29) is 16.5 Å². The lowest BCUT2D eigenvalue weighted by Gasteiger charge is -2.11. The minimum Gasteiger partial charge on any atom is -0.506 e. The van der Waals surface area contributed by atoms with Crippen LogP contribution in [0.5, 0.6) is 5.75 Å². The van der Waals surface area contributed by atoms with Gasteiger partial charge in [-0.3, -0.25) is 4.79 Å².